The quantitative estimate of drug-likeness (QED) is 0.557. The third-order valence-corrected chi connectivity index (χ3v) is 3.62. The predicted octanol–water partition coefficient (Wildman–Crippen LogP) is 3.74. The Balaban J connectivity index is 2.06. The molecule has 3 rings (SSSR count). The van der Waals surface area contributed by atoms with Crippen LogP contribution >= 0.6 is 0 Å². The Morgan fingerprint density at radius 1 is 1.04 bits per heavy atom. The van der Waals surface area contributed by atoms with E-state index in [2.05, 4.69) is 4.98 Å². The molecule has 1 heterocycles. The van der Waals surface area contributed by atoms with Crippen LogP contribution in [0.4, 0.5) is 23.5 Å². The van der Waals surface area contributed by atoms with E-state index in [0.717, 1.165) is 22.9 Å². The van der Waals surface area contributed by atoms with Crippen LogP contribution in [0.3, 0.4) is 0 Å². The Hall–Kier alpha value is -3.49. The van der Waals surface area contributed by atoms with Gasteiger partial charge >= 0.3 is 12.1 Å². The van der Waals surface area contributed by atoms with E-state index in [9.17, 15) is 27.2 Å². The van der Waals surface area contributed by atoms with Gasteiger partial charge in [-0.3, -0.25) is 19.5 Å². The van der Waals surface area contributed by atoms with Crippen LogP contribution in [-0.4, -0.2) is 27.4 Å². The number of imidazole rings is 1. The van der Waals surface area contributed by atoms with Gasteiger partial charge in [-0.2, -0.15) is 13.2 Å². The first-order valence-corrected chi connectivity index (χ1v) is 7.58. The molecule has 0 saturated heterocycles. The minimum atomic E-state index is -5.12. The highest BCUT2D eigenvalue weighted by molar-refractivity contribution is 6.11. The molecule has 0 saturated carbocycles. The van der Waals surface area contributed by atoms with Crippen molar-refractivity contribution in [3.05, 3.63) is 77.9 Å². The molecule has 0 atom stereocenters. The summed E-state index contributed by atoms with van der Waals surface area (Å²) in [7, 11) is 0. The van der Waals surface area contributed by atoms with Crippen molar-refractivity contribution in [3.63, 3.8) is 0 Å². The van der Waals surface area contributed by atoms with Gasteiger partial charge in [0, 0.05) is 23.5 Å². The number of alkyl halides is 3. The van der Waals surface area contributed by atoms with Crippen molar-refractivity contribution in [2.24, 2.45) is 0 Å². The second-order valence-corrected chi connectivity index (χ2v) is 5.43. The smallest absolute Gasteiger partial charge is 0.289 e. The summed E-state index contributed by atoms with van der Waals surface area (Å²) < 4.78 is 52.3. The maximum Gasteiger partial charge on any atom is 0.471 e. The molecule has 1 N–H and O–H groups in total. The summed E-state index contributed by atoms with van der Waals surface area (Å²) in [6.45, 7) is 0. The van der Waals surface area contributed by atoms with Gasteiger partial charge in [0.05, 0.1) is 5.69 Å². The molecule has 138 valence electrons. The van der Waals surface area contributed by atoms with Gasteiger partial charge < -0.3 is 0 Å². The third-order valence-electron chi connectivity index (χ3n) is 3.62. The highest BCUT2D eigenvalue weighted by Gasteiger charge is 2.39. The second kappa shape index (κ2) is 7.02. The van der Waals surface area contributed by atoms with E-state index in [4.69, 9.17) is 0 Å². The van der Waals surface area contributed by atoms with Crippen molar-refractivity contribution in [3.8, 4) is 5.69 Å². The highest BCUT2D eigenvalue weighted by Crippen LogP contribution is 2.24. The Morgan fingerprint density at radius 2 is 1.74 bits per heavy atom. The van der Waals surface area contributed by atoms with Crippen molar-refractivity contribution < 1.29 is 27.2 Å². The number of anilines is 1. The maximum absolute atomic E-state index is 13.8. The molecule has 0 radical (unpaired) electrons. The molecule has 0 unspecified atom stereocenters. The van der Waals surface area contributed by atoms with Gasteiger partial charge in [-0.15, -0.1) is 0 Å². The molecule has 3 aromatic rings. The molecule has 9 heteroatoms. The number of ketones is 1. The molecular formula is C18H11F4N3O2. The van der Waals surface area contributed by atoms with Gasteiger partial charge in [-0.1, -0.05) is 30.3 Å². The number of hydrogen-bond acceptors (Lipinski definition) is 3. The predicted molar refractivity (Wildman–Crippen MR) is 88.1 cm³/mol. The maximum atomic E-state index is 13.8. The highest BCUT2D eigenvalue weighted by atomic mass is 19.4. The number of halogens is 4. The van der Waals surface area contributed by atoms with Gasteiger partial charge in [0.1, 0.15) is 5.82 Å². The molecule has 0 fully saturated rings. The lowest BCUT2D eigenvalue weighted by Crippen LogP contribution is -2.31. The molecule has 0 aliphatic heterocycles. The van der Waals surface area contributed by atoms with Crippen molar-refractivity contribution in [1.82, 2.24) is 9.55 Å². The zero-order chi connectivity index (χ0) is 19.6. The zero-order valence-electron chi connectivity index (χ0n) is 13.5. The minimum absolute atomic E-state index is 0.0307. The zero-order valence-corrected chi connectivity index (χ0v) is 13.5. The Bertz CT molecular complexity index is 997. The number of rotatable bonds is 4. The SMILES string of the molecule is O=C(c1ccccc1)c1ccc(F)cc1-n1ccnc1NC(=O)C(F)(F)F. The van der Waals surface area contributed by atoms with E-state index < -0.39 is 29.6 Å². The average molecular weight is 377 g/mol. The van der Waals surface area contributed by atoms with Crippen LogP contribution < -0.4 is 5.32 Å². The number of nitrogens with one attached hydrogen (secondary N) is 1. The fourth-order valence-corrected chi connectivity index (χ4v) is 2.40. The van der Waals surface area contributed by atoms with Crippen LogP contribution in [0.5, 0.6) is 0 Å². The lowest BCUT2D eigenvalue weighted by atomic mass is 10.0. The van der Waals surface area contributed by atoms with Crippen LogP contribution in [0.2, 0.25) is 0 Å². The molecule has 1 amide bonds. The molecule has 5 nitrogen and oxygen atoms in total. The monoisotopic (exact) mass is 377 g/mol. The number of hydrogen-bond donors (Lipinski definition) is 1. The average Bonchev–Trinajstić information content (AvgIpc) is 3.09. The first-order chi connectivity index (χ1) is 12.8. The van der Waals surface area contributed by atoms with Crippen molar-refractivity contribution >= 4 is 17.6 Å². The van der Waals surface area contributed by atoms with Crippen LogP contribution in [0, 0.1) is 5.82 Å². The first-order valence-electron chi connectivity index (χ1n) is 7.58. The van der Waals surface area contributed by atoms with E-state index in [0.29, 0.717) is 5.56 Å². The topological polar surface area (TPSA) is 64.0 Å². The van der Waals surface area contributed by atoms with Gasteiger partial charge in [0.25, 0.3) is 0 Å². The van der Waals surface area contributed by atoms with Gasteiger partial charge in [-0.05, 0) is 18.2 Å². The normalized spacial score (nSPS) is 11.3. The first kappa shape index (κ1) is 18.3. The number of aromatic nitrogens is 2. The Kier molecular flexibility index (Phi) is 4.76. The standard InChI is InChI=1S/C18H11F4N3O2/c19-12-6-7-13(15(26)11-4-2-1-3-5-11)14(10-12)25-9-8-23-17(25)24-16(27)18(20,21)22/h1-10H,(H,23,24,27). The fourth-order valence-electron chi connectivity index (χ4n) is 2.40. The van der Waals surface area contributed by atoms with Crippen LogP contribution in [0.25, 0.3) is 5.69 Å². The molecule has 0 aliphatic carbocycles. The molecule has 0 bridgehead atoms. The molecule has 27 heavy (non-hydrogen) atoms. The molecular weight excluding hydrogens is 366 g/mol. The van der Waals surface area contributed by atoms with Crippen LogP contribution in [0.1, 0.15) is 15.9 Å². The summed E-state index contributed by atoms with van der Waals surface area (Å²) in [6, 6.07) is 11.3. The van der Waals surface area contributed by atoms with Crippen LogP contribution in [-0.2, 0) is 4.79 Å². The molecule has 2 aromatic carbocycles. The lowest BCUT2D eigenvalue weighted by Gasteiger charge is -2.14. The number of carbonyl (C=O) groups is 2. The van der Waals surface area contributed by atoms with E-state index in [-0.39, 0.29) is 11.3 Å². The second-order valence-electron chi connectivity index (χ2n) is 5.43. The third kappa shape index (κ3) is 3.86. The van der Waals surface area contributed by atoms with E-state index in [1.54, 1.807) is 35.6 Å². The minimum Gasteiger partial charge on any atom is -0.289 e. The summed E-state index contributed by atoms with van der Waals surface area (Å²) in [4.78, 5) is 27.6. The van der Waals surface area contributed by atoms with Crippen molar-refractivity contribution in [1.29, 1.82) is 0 Å². The summed E-state index contributed by atoms with van der Waals surface area (Å²) in [5.41, 5.74) is 0.285. The Morgan fingerprint density at radius 3 is 2.41 bits per heavy atom. The van der Waals surface area contributed by atoms with E-state index >= 15 is 0 Å². The van der Waals surface area contributed by atoms with Crippen LogP contribution in [0.15, 0.2) is 60.9 Å². The lowest BCUT2D eigenvalue weighted by molar-refractivity contribution is -0.167. The number of benzene rings is 2. The van der Waals surface area contributed by atoms with Gasteiger partial charge in [0.2, 0.25) is 5.95 Å². The van der Waals surface area contributed by atoms with Gasteiger partial charge in [0.15, 0.2) is 5.78 Å². The fraction of sp³-hybridized carbons (Fsp3) is 0.0556. The van der Waals surface area contributed by atoms with Crippen molar-refractivity contribution in [2.45, 2.75) is 6.18 Å². The largest absolute Gasteiger partial charge is 0.471 e. The molecule has 1 aromatic heterocycles. The summed E-state index contributed by atoms with van der Waals surface area (Å²) in [5.74, 6) is -3.91. The number of carbonyl (C=O) groups excluding carboxylic acids is 2. The summed E-state index contributed by atoms with van der Waals surface area (Å²) in [6.07, 6.45) is -2.79. The number of amides is 1. The van der Waals surface area contributed by atoms with Crippen molar-refractivity contribution in [2.75, 3.05) is 5.32 Å². The molecule has 0 spiro atoms. The summed E-state index contributed by atoms with van der Waals surface area (Å²) in [5, 5.41) is 1.61. The number of nitrogens with zero attached hydrogens (tertiary/aromatic N) is 2. The molecule has 0 aliphatic rings. The summed E-state index contributed by atoms with van der Waals surface area (Å²) >= 11 is 0. The van der Waals surface area contributed by atoms with E-state index in [1.807, 2.05) is 0 Å². The van der Waals surface area contributed by atoms with E-state index in [1.165, 1.54) is 12.3 Å². The van der Waals surface area contributed by atoms with Gasteiger partial charge in [-0.25, -0.2) is 9.37 Å². The Labute approximate surface area is 150 Å².